The molecule has 1 saturated heterocycles. The van der Waals surface area contributed by atoms with E-state index in [-0.39, 0.29) is 0 Å². The van der Waals surface area contributed by atoms with E-state index in [1.807, 2.05) is 6.07 Å². The molecule has 1 aliphatic rings. The summed E-state index contributed by atoms with van der Waals surface area (Å²) < 4.78 is 2.83. The van der Waals surface area contributed by atoms with Crippen molar-refractivity contribution < 1.29 is 0 Å². The third kappa shape index (κ3) is 2.71. The van der Waals surface area contributed by atoms with E-state index in [2.05, 4.69) is 50.1 Å². The van der Waals surface area contributed by atoms with Crippen molar-refractivity contribution in [3.8, 4) is 10.7 Å². The number of aromatic amines is 1. The second-order valence-electron chi connectivity index (χ2n) is 5.34. The Morgan fingerprint density at radius 2 is 2.30 bits per heavy atom. The van der Waals surface area contributed by atoms with Gasteiger partial charge in [-0.1, -0.05) is 6.07 Å². The second kappa shape index (κ2) is 5.77. The Bertz CT molecular complexity index is 615. The Kier molecular flexibility index (Phi) is 4.02. The van der Waals surface area contributed by atoms with Crippen LogP contribution < -0.4 is 0 Å². The van der Waals surface area contributed by atoms with E-state index < -0.39 is 0 Å². The molecule has 1 aliphatic heterocycles. The van der Waals surface area contributed by atoms with Crippen molar-refractivity contribution in [2.45, 2.75) is 12.6 Å². The number of likely N-dealkylation sites (N-methyl/N-ethyl adjacent to an activating group) is 2. The lowest BCUT2D eigenvalue weighted by Gasteiger charge is -2.37. The molecule has 1 fully saturated rings. The smallest absolute Gasteiger partial charge is 0.195 e. The molecule has 0 spiro atoms. The highest BCUT2D eigenvalue weighted by Gasteiger charge is 2.24. The van der Waals surface area contributed by atoms with Gasteiger partial charge in [0.1, 0.15) is 0 Å². The molecule has 0 aliphatic carbocycles. The zero-order valence-corrected chi connectivity index (χ0v) is 13.4. The van der Waals surface area contributed by atoms with Gasteiger partial charge >= 0.3 is 0 Å². The van der Waals surface area contributed by atoms with Crippen LogP contribution in [-0.4, -0.2) is 64.3 Å². The van der Waals surface area contributed by atoms with Gasteiger partial charge in [0, 0.05) is 32.2 Å². The number of rotatable bonds is 3. The molecule has 1 N–H and O–H groups in total. The number of aromatic nitrogens is 3. The van der Waals surface area contributed by atoms with Crippen LogP contribution in [0.1, 0.15) is 0 Å². The van der Waals surface area contributed by atoms with Crippen LogP contribution in [0.4, 0.5) is 0 Å². The number of hydrogen-bond donors (Lipinski definition) is 1. The predicted molar refractivity (Wildman–Crippen MR) is 84.6 cm³/mol. The highest BCUT2D eigenvalue weighted by molar-refractivity contribution is 7.71. The highest BCUT2D eigenvalue weighted by atomic mass is 32.1. The maximum Gasteiger partial charge on any atom is 0.195 e. The lowest BCUT2D eigenvalue weighted by molar-refractivity contribution is 0.103. The van der Waals surface area contributed by atoms with Crippen molar-refractivity contribution in [1.82, 2.24) is 24.6 Å². The molecule has 0 aromatic carbocycles. The summed E-state index contributed by atoms with van der Waals surface area (Å²) in [5.41, 5.74) is 0. The SMILES string of the molecule is CN1CCN(C)C(Cn2c(-c3cccs3)n[nH]c2=S)C1. The quantitative estimate of drug-likeness (QED) is 0.879. The summed E-state index contributed by atoms with van der Waals surface area (Å²) in [4.78, 5) is 5.94. The summed E-state index contributed by atoms with van der Waals surface area (Å²) in [6.45, 7) is 4.17. The minimum atomic E-state index is 0.469. The monoisotopic (exact) mass is 309 g/mol. The topological polar surface area (TPSA) is 40.1 Å². The first-order valence-electron chi connectivity index (χ1n) is 6.73. The molecular weight excluding hydrogens is 290 g/mol. The maximum absolute atomic E-state index is 5.40. The molecule has 2 aromatic rings. The zero-order chi connectivity index (χ0) is 14.1. The molecule has 2 aromatic heterocycles. The summed E-state index contributed by atoms with van der Waals surface area (Å²) in [5.74, 6) is 0.951. The minimum Gasteiger partial charge on any atom is -0.303 e. The van der Waals surface area contributed by atoms with Gasteiger partial charge in [0.15, 0.2) is 10.6 Å². The van der Waals surface area contributed by atoms with E-state index in [0.717, 1.165) is 36.9 Å². The molecule has 3 heterocycles. The fourth-order valence-electron chi connectivity index (χ4n) is 2.59. The third-order valence-corrected chi connectivity index (χ3v) is 5.05. The van der Waals surface area contributed by atoms with Crippen LogP contribution in [0, 0.1) is 4.77 Å². The number of H-pyrrole nitrogens is 1. The average Bonchev–Trinajstić information content (AvgIpc) is 3.05. The molecule has 0 saturated carbocycles. The average molecular weight is 309 g/mol. The van der Waals surface area contributed by atoms with Gasteiger partial charge in [0.2, 0.25) is 0 Å². The molecule has 5 nitrogen and oxygen atoms in total. The van der Waals surface area contributed by atoms with Gasteiger partial charge in [0.05, 0.1) is 4.88 Å². The Hall–Kier alpha value is -1.02. The third-order valence-electron chi connectivity index (χ3n) is 3.87. The van der Waals surface area contributed by atoms with Crippen LogP contribution in [0.3, 0.4) is 0 Å². The van der Waals surface area contributed by atoms with Crippen molar-refractivity contribution in [3.63, 3.8) is 0 Å². The van der Waals surface area contributed by atoms with Crippen LogP contribution in [0.25, 0.3) is 10.7 Å². The van der Waals surface area contributed by atoms with Crippen molar-refractivity contribution in [1.29, 1.82) is 0 Å². The number of piperazine rings is 1. The first-order chi connectivity index (χ1) is 9.65. The minimum absolute atomic E-state index is 0.469. The predicted octanol–water partition coefficient (Wildman–Crippen LogP) is 1.91. The van der Waals surface area contributed by atoms with Crippen molar-refractivity contribution in [2.24, 2.45) is 0 Å². The number of hydrogen-bond acceptors (Lipinski definition) is 5. The van der Waals surface area contributed by atoms with Crippen LogP contribution in [0.15, 0.2) is 17.5 Å². The van der Waals surface area contributed by atoms with Gasteiger partial charge in [-0.2, -0.15) is 5.10 Å². The standard InChI is InChI=1S/C13H19N5S2/c1-16-5-6-17(2)10(8-16)9-18-12(14-15-13(18)19)11-4-3-7-20-11/h3-4,7,10H,5-6,8-9H2,1-2H3,(H,15,19). The fraction of sp³-hybridized carbons (Fsp3) is 0.538. The largest absolute Gasteiger partial charge is 0.303 e. The molecule has 0 amide bonds. The van der Waals surface area contributed by atoms with E-state index in [0.29, 0.717) is 10.8 Å². The molecule has 7 heteroatoms. The Morgan fingerprint density at radius 1 is 1.45 bits per heavy atom. The van der Waals surface area contributed by atoms with E-state index >= 15 is 0 Å². The van der Waals surface area contributed by atoms with Crippen LogP contribution in [0.2, 0.25) is 0 Å². The fourth-order valence-corrected chi connectivity index (χ4v) is 3.52. The van der Waals surface area contributed by atoms with Crippen molar-refractivity contribution in [3.05, 3.63) is 22.3 Å². The van der Waals surface area contributed by atoms with Gasteiger partial charge in [-0.3, -0.25) is 14.6 Å². The van der Waals surface area contributed by atoms with E-state index in [1.165, 1.54) is 0 Å². The summed E-state index contributed by atoms with van der Waals surface area (Å²) in [6, 6.07) is 4.60. The molecular formula is C13H19N5S2. The first-order valence-corrected chi connectivity index (χ1v) is 8.02. The zero-order valence-electron chi connectivity index (χ0n) is 11.7. The molecule has 108 valence electrons. The normalized spacial score (nSPS) is 21.4. The second-order valence-corrected chi connectivity index (χ2v) is 6.67. The van der Waals surface area contributed by atoms with Gasteiger partial charge < -0.3 is 4.90 Å². The lowest BCUT2D eigenvalue weighted by atomic mass is 10.2. The lowest BCUT2D eigenvalue weighted by Crippen LogP contribution is -2.51. The molecule has 1 atom stereocenters. The summed E-state index contributed by atoms with van der Waals surface area (Å²) >= 11 is 7.09. The highest BCUT2D eigenvalue weighted by Crippen LogP contribution is 2.23. The van der Waals surface area contributed by atoms with Crippen LogP contribution in [0.5, 0.6) is 0 Å². The van der Waals surface area contributed by atoms with Gasteiger partial charge in [-0.05, 0) is 37.8 Å². The first kappa shape index (κ1) is 13.9. The molecule has 3 rings (SSSR count). The van der Waals surface area contributed by atoms with E-state index in [4.69, 9.17) is 12.2 Å². The van der Waals surface area contributed by atoms with Gasteiger partial charge in [0.25, 0.3) is 0 Å². The maximum atomic E-state index is 5.40. The number of nitrogens with zero attached hydrogens (tertiary/aromatic N) is 4. The Balaban J connectivity index is 1.87. The summed E-state index contributed by atoms with van der Waals surface area (Å²) in [6.07, 6.45) is 0. The van der Waals surface area contributed by atoms with Gasteiger partial charge in [-0.25, -0.2) is 0 Å². The number of nitrogens with one attached hydrogen (secondary N) is 1. The van der Waals surface area contributed by atoms with Crippen LogP contribution in [-0.2, 0) is 6.54 Å². The van der Waals surface area contributed by atoms with E-state index in [9.17, 15) is 0 Å². The summed E-state index contributed by atoms with van der Waals surface area (Å²) in [7, 11) is 4.36. The molecule has 1 unspecified atom stereocenters. The van der Waals surface area contributed by atoms with Gasteiger partial charge in [-0.15, -0.1) is 11.3 Å². The van der Waals surface area contributed by atoms with Crippen LogP contribution >= 0.6 is 23.6 Å². The van der Waals surface area contributed by atoms with Crippen molar-refractivity contribution in [2.75, 3.05) is 33.7 Å². The van der Waals surface area contributed by atoms with Crippen molar-refractivity contribution >= 4 is 23.6 Å². The van der Waals surface area contributed by atoms with E-state index in [1.54, 1.807) is 11.3 Å². The Morgan fingerprint density at radius 3 is 3.05 bits per heavy atom. The molecule has 0 bridgehead atoms. The molecule has 20 heavy (non-hydrogen) atoms. The Labute approximate surface area is 127 Å². The molecule has 0 radical (unpaired) electrons. The summed E-state index contributed by atoms with van der Waals surface area (Å²) in [5, 5.41) is 9.39. The number of thiophene rings is 1.